The van der Waals surface area contributed by atoms with E-state index in [4.69, 9.17) is 4.42 Å². The molecule has 1 aromatic heterocycles. The summed E-state index contributed by atoms with van der Waals surface area (Å²) in [5.41, 5.74) is 2.00. The van der Waals surface area contributed by atoms with E-state index in [9.17, 15) is 9.59 Å². The van der Waals surface area contributed by atoms with Gasteiger partial charge in [-0.3, -0.25) is 9.59 Å². The molecule has 0 atom stereocenters. The molecular weight excluding hydrogens is 352 g/mol. The van der Waals surface area contributed by atoms with Crippen LogP contribution in [0.25, 0.3) is 0 Å². The van der Waals surface area contributed by atoms with E-state index in [1.54, 1.807) is 11.2 Å². The first kappa shape index (κ1) is 19.4. The fourth-order valence-electron chi connectivity index (χ4n) is 2.94. The molecule has 0 bridgehead atoms. The molecule has 0 spiro atoms. The van der Waals surface area contributed by atoms with Gasteiger partial charge in [0, 0.05) is 19.5 Å². The molecule has 0 aliphatic rings. The average Bonchev–Trinajstić information content (AvgIpc) is 3.22. The first-order chi connectivity index (χ1) is 13.7. The minimum absolute atomic E-state index is 0.0275. The Morgan fingerprint density at radius 2 is 1.50 bits per heavy atom. The van der Waals surface area contributed by atoms with Gasteiger partial charge in [0.2, 0.25) is 11.8 Å². The van der Waals surface area contributed by atoms with Crippen LogP contribution in [0, 0.1) is 0 Å². The van der Waals surface area contributed by atoms with Crippen LogP contribution in [0.2, 0.25) is 0 Å². The van der Waals surface area contributed by atoms with Crippen molar-refractivity contribution in [2.75, 3.05) is 6.54 Å². The van der Waals surface area contributed by atoms with E-state index in [0.29, 0.717) is 26.1 Å². The quantitative estimate of drug-likeness (QED) is 0.621. The Balaban J connectivity index is 1.52. The normalized spacial score (nSPS) is 10.4. The highest BCUT2D eigenvalue weighted by Gasteiger charge is 2.16. The summed E-state index contributed by atoms with van der Waals surface area (Å²) in [6.07, 6.45) is 2.16. The molecule has 0 saturated heterocycles. The molecule has 28 heavy (non-hydrogen) atoms. The summed E-state index contributed by atoms with van der Waals surface area (Å²) in [7, 11) is 0. The van der Waals surface area contributed by atoms with Crippen LogP contribution in [0.4, 0.5) is 0 Å². The molecule has 3 rings (SSSR count). The number of benzene rings is 2. The van der Waals surface area contributed by atoms with Gasteiger partial charge in [-0.05, 0) is 23.3 Å². The van der Waals surface area contributed by atoms with Crippen LogP contribution in [0.3, 0.4) is 0 Å². The number of nitrogens with one attached hydrogen (secondary N) is 1. The number of hydrogen-bond donors (Lipinski definition) is 1. The van der Waals surface area contributed by atoms with Gasteiger partial charge >= 0.3 is 0 Å². The van der Waals surface area contributed by atoms with Crippen molar-refractivity contribution in [3.63, 3.8) is 0 Å². The fourth-order valence-corrected chi connectivity index (χ4v) is 2.94. The lowest BCUT2D eigenvalue weighted by molar-refractivity contribution is -0.132. The first-order valence-corrected chi connectivity index (χ1v) is 9.35. The summed E-state index contributed by atoms with van der Waals surface area (Å²) in [5.74, 6) is 0.623. The van der Waals surface area contributed by atoms with Crippen LogP contribution in [0.5, 0.6) is 0 Å². The van der Waals surface area contributed by atoms with Crippen molar-refractivity contribution >= 4 is 11.8 Å². The number of nitrogens with zero attached hydrogens (tertiary/aromatic N) is 1. The topological polar surface area (TPSA) is 62.6 Å². The second-order valence-corrected chi connectivity index (χ2v) is 6.58. The number of amides is 2. The van der Waals surface area contributed by atoms with Crippen LogP contribution in [0.15, 0.2) is 83.5 Å². The van der Waals surface area contributed by atoms with Gasteiger partial charge in [-0.15, -0.1) is 0 Å². The van der Waals surface area contributed by atoms with E-state index < -0.39 is 0 Å². The summed E-state index contributed by atoms with van der Waals surface area (Å²) in [4.78, 5) is 26.6. The standard InChI is InChI=1S/C23H24N2O3/c26-22(16-19-8-3-1-4-9-19)24-14-13-23(27)25(18-21-12-7-15-28-21)17-20-10-5-2-6-11-20/h1-12,15H,13-14,16-18H2,(H,24,26). The van der Waals surface area contributed by atoms with Crippen LogP contribution in [0.1, 0.15) is 23.3 Å². The maximum Gasteiger partial charge on any atom is 0.225 e. The van der Waals surface area contributed by atoms with Crippen molar-refractivity contribution in [1.82, 2.24) is 10.2 Å². The molecule has 0 unspecified atom stereocenters. The van der Waals surface area contributed by atoms with E-state index in [0.717, 1.165) is 16.9 Å². The van der Waals surface area contributed by atoms with Crippen molar-refractivity contribution in [1.29, 1.82) is 0 Å². The molecule has 0 aliphatic heterocycles. The first-order valence-electron chi connectivity index (χ1n) is 9.35. The second kappa shape index (κ2) is 10.1. The zero-order valence-corrected chi connectivity index (χ0v) is 15.7. The van der Waals surface area contributed by atoms with Crippen LogP contribution in [-0.2, 0) is 29.1 Å². The lowest BCUT2D eigenvalue weighted by Gasteiger charge is -2.22. The van der Waals surface area contributed by atoms with Crippen LogP contribution >= 0.6 is 0 Å². The van der Waals surface area contributed by atoms with Crippen LogP contribution in [-0.4, -0.2) is 23.3 Å². The Kier molecular flexibility index (Phi) is 7.01. The molecule has 0 aliphatic carbocycles. The molecule has 0 fully saturated rings. The summed E-state index contributed by atoms with van der Waals surface area (Å²) >= 11 is 0. The zero-order chi connectivity index (χ0) is 19.6. The summed E-state index contributed by atoms with van der Waals surface area (Å²) in [6, 6.07) is 23.1. The van der Waals surface area contributed by atoms with Gasteiger partial charge in [-0.25, -0.2) is 0 Å². The van der Waals surface area contributed by atoms with E-state index in [1.807, 2.05) is 72.8 Å². The Bertz CT molecular complexity index is 861. The molecule has 5 nitrogen and oxygen atoms in total. The van der Waals surface area contributed by atoms with Crippen molar-refractivity contribution in [3.8, 4) is 0 Å². The Morgan fingerprint density at radius 1 is 0.821 bits per heavy atom. The summed E-state index contributed by atoms with van der Waals surface area (Å²) in [5, 5.41) is 2.83. The van der Waals surface area contributed by atoms with Crippen molar-refractivity contribution < 1.29 is 14.0 Å². The highest BCUT2D eigenvalue weighted by Crippen LogP contribution is 2.12. The van der Waals surface area contributed by atoms with E-state index in [-0.39, 0.29) is 18.2 Å². The zero-order valence-electron chi connectivity index (χ0n) is 15.7. The molecule has 0 radical (unpaired) electrons. The monoisotopic (exact) mass is 376 g/mol. The maximum atomic E-state index is 12.7. The highest BCUT2D eigenvalue weighted by molar-refractivity contribution is 5.80. The number of carbonyl (C=O) groups is 2. The molecule has 3 aromatic rings. The third kappa shape index (κ3) is 6.13. The van der Waals surface area contributed by atoms with Gasteiger partial charge in [0.05, 0.1) is 19.2 Å². The lowest BCUT2D eigenvalue weighted by atomic mass is 10.1. The predicted molar refractivity (Wildman–Crippen MR) is 107 cm³/mol. The van der Waals surface area contributed by atoms with Crippen LogP contribution < -0.4 is 5.32 Å². The summed E-state index contributed by atoms with van der Waals surface area (Å²) in [6.45, 7) is 1.21. The molecule has 2 aromatic carbocycles. The Hall–Kier alpha value is -3.34. The molecule has 144 valence electrons. The van der Waals surface area contributed by atoms with Crippen molar-refractivity contribution in [3.05, 3.63) is 95.9 Å². The highest BCUT2D eigenvalue weighted by atomic mass is 16.3. The van der Waals surface area contributed by atoms with E-state index in [1.165, 1.54) is 0 Å². The number of hydrogen-bond acceptors (Lipinski definition) is 3. The molecular formula is C23H24N2O3. The Morgan fingerprint density at radius 3 is 2.14 bits per heavy atom. The third-order valence-corrected chi connectivity index (χ3v) is 4.36. The molecule has 2 amide bonds. The second-order valence-electron chi connectivity index (χ2n) is 6.58. The van der Waals surface area contributed by atoms with Gasteiger partial charge in [0.25, 0.3) is 0 Å². The number of furan rings is 1. The van der Waals surface area contributed by atoms with E-state index >= 15 is 0 Å². The van der Waals surface area contributed by atoms with Gasteiger partial charge in [-0.2, -0.15) is 0 Å². The number of rotatable bonds is 9. The molecule has 1 N–H and O–H groups in total. The largest absolute Gasteiger partial charge is 0.467 e. The third-order valence-electron chi connectivity index (χ3n) is 4.36. The minimum atomic E-state index is -0.0837. The number of carbonyl (C=O) groups excluding carboxylic acids is 2. The fraction of sp³-hybridized carbons (Fsp3) is 0.217. The summed E-state index contributed by atoms with van der Waals surface area (Å²) < 4.78 is 5.40. The molecule has 0 saturated carbocycles. The maximum absolute atomic E-state index is 12.7. The lowest BCUT2D eigenvalue weighted by Crippen LogP contribution is -2.34. The van der Waals surface area contributed by atoms with Gasteiger partial charge in [-0.1, -0.05) is 60.7 Å². The van der Waals surface area contributed by atoms with Gasteiger partial charge in [0.15, 0.2) is 0 Å². The van der Waals surface area contributed by atoms with E-state index in [2.05, 4.69) is 5.32 Å². The molecule has 5 heteroatoms. The smallest absolute Gasteiger partial charge is 0.225 e. The SMILES string of the molecule is O=C(Cc1ccccc1)NCCC(=O)N(Cc1ccccc1)Cc1ccco1. The van der Waals surface area contributed by atoms with Crippen molar-refractivity contribution in [2.24, 2.45) is 0 Å². The Labute approximate surface area is 165 Å². The molecule has 1 heterocycles. The van der Waals surface area contributed by atoms with Gasteiger partial charge < -0.3 is 14.6 Å². The average molecular weight is 376 g/mol. The minimum Gasteiger partial charge on any atom is -0.467 e. The predicted octanol–water partition coefficient (Wildman–Crippen LogP) is 3.56. The van der Waals surface area contributed by atoms with Crippen molar-refractivity contribution in [2.45, 2.75) is 25.9 Å². The van der Waals surface area contributed by atoms with Gasteiger partial charge in [0.1, 0.15) is 5.76 Å².